The molecule has 25 heavy (non-hydrogen) atoms. The molecule has 3 rings (SSSR count). The van der Waals surface area contributed by atoms with Gasteiger partial charge in [-0.1, -0.05) is 0 Å². The quantitative estimate of drug-likeness (QED) is 0.527. The third-order valence-electron chi connectivity index (χ3n) is 3.93. The Morgan fingerprint density at radius 2 is 2.36 bits per heavy atom. The van der Waals surface area contributed by atoms with Crippen LogP contribution in [0.5, 0.6) is 0 Å². The lowest BCUT2D eigenvalue weighted by atomic mass is 10.0. The summed E-state index contributed by atoms with van der Waals surface area (Å²) in [7, 11) is 0. The maximum absolute atomic E-state index is 12.1. The van der Waals surface area contributed by atoms with Crippen molar-refractivity contribution in [3.8, 4) is 0 Å². The SMILES string of the molecule is N=C(/C=C\NC(F)F)C1=C2CC(C(=O)O)CN2C(c2nccs2)=NC1. The highest BCUT2D eigenvalue weighted by molar-refractivity contribution is 7.11. The van der Waals surface area contributed by atoms with E-state index in [0.29, 0.717) is 22.1 Å². The molecule has 10 heteroatoms. The number of carboxylic acid groups (broad SMARTS) is 1. The number of hydrogen-bond acceptors (Lipinski definition) is 7. The molecule has 1 atom stereocenters. The van der Waals surface area contributed by atoms with Crippen LogP contribution in [0.4, 0.5) is 8.78 Å². The molecule has 2 aliphatic heterocycles. The van der Waals surface area contributed by atoms with Gasteiger partial charge in [0.25, 0.3) is 0 Å². The number of nitrogens with one attached hydrogen (secondary N) is 2. The van der Waals surface area contributed by atoms with Gasteiger partial charge in [-0.25, -0.2) is 4.98 Å². The van der Waals surface area contributed by atoms with Gasteiger partial charge in [-0.3, -0.25) is 9.79 Å². The van der Waals surface area contributed by atoms with Crippen LogP contribution in [0.25, 0.3) is 0 Å². The van der Waals surface area contributed by atoms with Crippen molar-refractivity contribution in [2.24, 2.45) is 10.9 Å². The molecule has 1 saturated heterocycles. The minimum Gasteiger partial charge on any atom is -0.481 e. The van der Waals surface area contributed by atoms with Crippen molar-refractivity contribution in [3.63, 3.8) is 0 Å². The van der Waals surface area contributed by atoms with Crippen molar-refractivity contribution in [3.05, 3.63) is 40.1 Å². The molecule has 0 aromatic carbocycles. The predicted octanol–water partition coefficient (Wildman–Crippen LogP) is 1.91. The van der Waals surface area contributed by atoms with Crippen LogP contribution in [0.2, 0.25) is 0 Å². The zero-order valence-corrected chi connectivity index (χ0v) is 13.8. The number of rotatable bonds is 6. The Hall–Kier alpha value is -2.62. The van der Waals surface area contributed by atoms with Gasteiger partial charge >= 0.3 is 12.5 Å². The predicted molar refractivity (Wildman–Crippen MR) is 89.0 cm³/mol. The van der Waals surface area contributed by atoms with Crippen molar-refractivity contribution >= 4 is 28.9 Å². The molecule has 0 bridgehead atoms. The first kappa shape index (κ1) is 17.2. The van der Waals surface area contributed by atoms with E-state index >= 15 is 0 Å². The monoisotopic (exact) mass is 367 g/mol. The van der Waals surface area contributed by atoms with E-state index in [4.69, 9.17) is 5.41 Å². The van der Waals surface area contributed by atoms with Crippen molar-refractivity contribution in [2.75, 3.05) is 13.1 Å². The van der Waals surface area contributed by atoms with Crippen LogP contribution in [-0.2, 0) is 4.79 Å². The number of hydrogen-bond donors (Lipinski definition) is 3. The maximum Gasteiger partial charge on any atom is 0.312 e. The fourth-order valence-electron chi connectivity index (χ4n) is 2.80. The van der Waals surface area contributed by atoms with E-state index < -0.39 is 18.4 Å². The average molecular weight is 367 g/mol. The number of halogens is 2. The van der Waals surface area contributed by atoms with E-state index in [1.54, 1.807) is 16.4 Å². The standard InChI is InChI=1S/C15H15F2N5O2S/c16-15(17)20-2-1-10(18)9-6-21-12(13-19-3-4-25-13)22-7-8(14(23)24)5-11(9)22/h1-4,8,15,18,20H,5-7H2,(H,23,24)/b2-1-,18-10?. The number of alkyl halides is 2. The number of carboxylic acids is 1. The second-order valence-corrected chi connectivity index (χ2v) is 6.36. The molecule has 1 unspecified atom stereocenters. The molecule has 3 heterocycles. The molecular weight excluding hydrogens is 352 g/mol. The van der Waals surface area contributed by atoms with Crippen LogP contribution in [0.15, 0.2) is 40.1 Å². The lowest BCUT2D eigenvalue weighted by Crippen LogP contribution is -2.34. The van der Waals surface area contributed by atoms with Gasteiger partial charge in [-0.15, -0.1) is 11.3 Å². The van der Waals surface area contributed by atoms with E-state index in [2.05, 4.69) is 9.98 Å². The van der Waals surface area contributed by atoms with Gasteiger partial charge in [0.2, 0.25) is 0 Å². The molecule has 0 aliphatic carbocycles. The first-order valence-corrected chi connectivity index (χ1v) is 8.31. The van der Waals surface area contributed by atoms with Crippen molar-refractivity contribution < 1.29 is 18.7 Å². The van der Waals surface area contributed by atoms with Gasteiger partial charge in [0.05, 0.1) is 18.2 Å². The molecular formula is C15H15F2N5O2S. The second-order valence-electron chi connectivity index (χ2n) is 5.47. The Labute approximate surface area is 145 Å². The van der Waals surface area contributed by atoms with Crippen LogP contribution in [0.1, 0.15) is 11.4 Å². The van der Waals surface area contributed by atoms with Crippen LogP contribution in [0.3, 0.4) is 0 Å². The van der Waals surface area contributed by atoms with Crippen molar-refractivity contribution in [1.29, 1.82) is 5.41 Å². The zero-order chi connectivity index (χ0) is 18.0. The zero-order valence-electron chi connectivity index (χ0n) is 12.9. The van der Waals surface area contributed by atoms with Gasteiger partial charge in [0.1, 0.15) is 0 Å². The number of thiazole rings is 1. The Morgan fingerprint density at radius 1 is 1.56 bits per heavy atom. The number of aromatic nitrogens is 1. The summed E-state index contributed by atoms with van der Waals surface area (Å²) in [4.78, 5) is 21.9. The van der Waals surface area contributed by atoms with E-state index in [0.717, 1.165) is 6.20 Å². The Morgan fingerprint density at radius 3 is 3.00 bits per heavy atom. The summed E-state index contributed by atoms with van der Waals surface area (Å²) < 4.78 is 24.3. The van der Waals surface area contributed by atoms with Crippen LogP contribution in [0, 0.1) is 11.3 Å². The molecule has 1 aromatic heterocycles. The lowest BCUT2D eigenvalue weighted by molar-refractivity contribution is -0.141. The minimum atomic E-state index is -2.71. The van der Waals surface area contributed by atoms with Crippen molar-refractivity contribution in [2.45, 2.75) is 13.0 Å². The molecule has 7 nitrogen and oxygen atoms in total. The highest BCUT2D eigenvalue weighted by Gasteiger charge is 2.38. The highest BCUT2D eigenvalue weighted by atomic mass is 32.1. The van der Waals surface area contributed by atoms with E-state index in [1.165, 1.54) is 17.4 Å². The lowest BCUT2D eigenvalue weighted by Gasteiger charge is -2.27. The second kappa shape index (κ2) is 7.09. The fourth-order valence-corrected chi connectivity index (χ4v) is 3.45. The molecule has 0 radical (unpaired) electrons. The summed E-state index contributed by atoms with van der Waals surface area (Å²) in [6.07, 6.45) is 4.15. The molecule has 1 fully saturated rings. The molecule has 0 saturated carbocycles. The fraction of sp³-hybridized carbons (Fsp3) is 0.333. The minimum absolute atomic E-state index is 0.0288. The van der Waals surface area contributed by atoms with Gasteiger partial charge in [0.15, 0.2) is 10.8 Å². The summed E-state index contributed by atoms with van der Waals surface area (Å²) in [5.41, 5.74) is 1.26. The van der Waals surface area contributed by atoms with Gasteiger partial charge < -0.3 is 20.7 Å². The number of allylic oxidation sites excluding steroid dienone is 2. The largest absolute Gasteiger partial charge is 0.481 e. The van der Waals surface area contributed by atoms with Gasteiger partial charge in [-0.05, 0) is 6.08 Å². The summed E-state index contributed by atoms with van der Waals surface area (Å²) in [6, 6.07) is 0. The number of nitrogens with zero attached hydrogens (tertiary/aromatic N) is 3. The van der Waals surface area contributed by atoms with Crippen LogP contribution in [-0.4, -0.2) is 52.1 Å². The smallest absolute Gasteiger partial charge is 0.312 e. The maximum atomic E-state index is 12.1. The Balaban J connectivity index is 1.89. The molecule has 2 aliphatic rings. The third-order valence-corrected chi connectivity index (χ3v) is 4.70. The molecule has 1 aromatic rings. The van der Waals surface area contributed by atoms with E-state index in [1.807, 2.05) is 5.38 Å². The first-order chi connectivity index (χ1) is 12.0. The summed E-state index contributed by atoms with van der Waals surface area (Å²) in [6.45, 7) is -2.27. The number of aliphatic carboxylic acids is 1. The number of amidine groups is 1. The third kappa shape index (κ3) is 3.58. The first-order valence-electron chi connectivity index (χ1n) is 7.43. The van der Waals surface area contributed by atoms with Crippen LogP contribution >= 0.6 is 11.3 Å². The number of aliphatic imine (C=N–C) groups is 1. The van der Waals surface area contributed by atoms with Gasteiger partial charge in [-0.2, -0.15) is 8.78 Å². The summed E-state index contributed by atoms with van der Waals surface area (Å²) in [5.74, 6) is -0.926. The Kier molecular flexibility index (Phi) is 4.88. The van der Waals surface area contributed by atoms with Crippen LogP contribution < -0.4 is 5.32 Å². The number of fused-ring (bicyclic) bond motifs is 1. The average Bonchev–Trinajstić information content (AvgIpc) is 3.23. The Bertz CT molecular complexity index is 773. The van der Waals surface area contributed by atoms with E-state index in [9.17, 15) is 18.7 Å². The molecule has 0 amide bonds. The molecule has 3 N–H and O–H groups in total. The van der Waals surface area contributed by atoms with Gasteiger partial charge in [0, 0.05) is 42.0 Å². The summed E-state index contributed by atoms with van der Waals surface area (Å²) >= 11 is 1.40. The topological polar surface area (TPSA) is 102 Å². The highest BCUT2D eigenvalue weighted by Crippen LogP contribution is 2.34. The van der Waals surface area contributed by atoms with E-state index in [-0.39, 0.29) is 25.2 Å². The molecule has 132 valence electrons. The normalized spacial score (nSPS) is 20.2. The molecule has 0 spiro atoms. The summed E-state index contributed by atoms with van der Waals surface area (Å²) in [5, 5.41) is 21.7. The number of carbonyl (C=O) groups is 1. The van der Waals surface area contributed by atoms with Crippen molar-refractivity contribution in [1.82, 2.24) is 15.2 Å².